The average Bonchev–Trinajstić information content (AvgIpc) is 2.96. The highest BCUT2D eigenvalue weighted by Crippen LogP contribution is 2.48. The molecular formula is C16H22N4O2. The fraction of sp³-hybridized carbons (Fsp3) is 0.625. The first-order valence-corrected chi connectivity index (χ1v) is 7.81. The van der Waals surface area contributed by atoms with Gasteiger partial charge in [0.2, 0.25) is 5.91 Å². The van der Waals surface area contributed by atoms with Crippen LogP contribution in [0.5, 0.6) is 0 Å². The van der Waals surface area contributed by atoms with Gasteiger partial charge in [0, 0.05) is 50.9 Å². The van der Waals surface area contributed by atoms with Crippen LogP contribution in [0.4, 0.5) is 0 Å². The molecule has 6 nitrogen and oxygen atoms in total. The molecule has 22 heavy (non-hydrogen) atoms. The maximum atomic E-state index is 12.5. The van der Waals surface area contributed by atoms with E-state index in [-0.39, 0.29) is 23.3 Å². The molecule has 0 aromatic carbocycles. The zero-order valence-electron chi connectivity index (χ0n) is 13.2. The van der Waals surface area contributed by atoms with Crippen molar-refractivity contribution in [3.8, 4) is 0 Å². The Morgan fingerprint density at radius 1 is 1.45 bits per heavy atom. The maximum Gasteiger partial charge on any atom is 0.273 e. The first-order valence-electron chi connectivity index (χ1n) is 7.81. The third-order valence-corrected chi connectivity index (χ3v) is 5.24. The zero-order chi connectivity index (χ0) is 15.7. The van der Waals surface area contributed by atoms with Crippen molar-refractivity contribution in [3.05, 3.63) is 24.3 Å². The van der Waals surface area contributed by atoms with Crippen LogP contribution in [-0.4, -0.2) is 58.3 Å². The molecule has 3 rings (SSSR count). The van der Waals surface area contributed by atoms with Gasteiger partial charge in [0.15, 0.2) is 0 Å². The number of piperidine rings is 1. The highest BCUT2D eigenvalue weighted by molar-refractivity contribution is 5.91. The van der Waals surface area contributed by atoms with Gasteiger partial charge in [-0.05, 0) is 19.3 Å². The summed E-state index contributed by atoms with van der Waals surface area (Å²) < 4.78 is 0. The number of hydrogen-bond donors (Lipinski definition) is 0. The van der Waals surface area contributed by atoms with E-state index in [1.165, 1.54) is 12.4 Å². The molecule has 0 bridgehead atoms. The Hall–Kier alpha value is -1.98. The Labute approximate surface area is 130 Å². The molecule has 1 aliphatic carbocycles. The summed E-state index contributed by atoms with van der Waals surface area (Å²) in [5.74, 6) is 0.123. The van der Waals surface area contributed by atoms with Crippen molar-refractivity contribution in [1.29, 1.82) is 0 Å². The molecule has 1 saturated heterocycles. The van der Waals surface area contributed by atoms with E-state index < -0.39 is 0 Å². The molecule has 6 heteroatoms. The minimum atomic E-state index is -0.104. The van der Waals surface area contributed by atoms with Gasteiger partial charge in [-0.2, -0.15) is 0 Å². The lowest BCUT2D eigenvalue weighted by Gasteiger charge is -2.46. The summed E-state index contributed by atoms with van der Waals surface area (Å²) >= 11 is 0. The van der Waals surface area contributed by atoms with Crippen LogP contribution in [0.1, 0.15) is 42.6 Å². The van der Waals surface area contributed by atoms with Gasteiger partial charge in [-0.25, -0.2) is 4.98 Å². The quantitative estimate of drug-likeness (QED) is 0.845. The molecule has 0 N–H and O–H groups in total. The minimum Gasteiger partial charge on any atom is -0.342 e. The molecule has 2 heterocycles. The lowest BCUT2D eigenvalue weighted by Crippen LogP contribution is -2.54. The normalized spacial score (nSPS) is 27.6. The van der Waals surface area contributed by atoms with E-state index in [1.54, 1.807) is 11.1 Å². The third kappa shape index (κ3) is 2.46. The van der Waals surface area contributed by atoms with E-state index in [2.05, 4.69) is 9.97 Å². The topological polar surface area (TPSA) is 66.4 Å². The molecule has 2 fully saturated rings. The Morgan fingerprint density at radius 2 is 2.27 bits per heavy atom. The van der Waals surface area contributed by atoms with Crippen LogP contribution in [0, 0.1) is 5.41 Å². The van der Waals surface area contributed by atoms with E-state index in [1.807, 2.05) is 19.0 Å². The van der Waals surface area contributed by atoms with Crippen LogP contribution in [0.15, 0.2) is 18.6 Å². The van der Waals surface area contributed by atoms with Gasteiger partial charge in [-0.15, -0.1) is 0 Å². The molecule has 1 aromatic rings. The molecular weight excluding hydrogens is 280 g/mol. The predicted molar refractivity (Wildman–Crippen MR) is 81.1 cm³/mol. The summed E-state index contributed by atoms with van der Waals surface area (Å²) in [4.78, 5) is 36.1. The number of hydrogen-bond acceptors (Lipinski definition) is 4. The van der Waals surface area contributed by atoms with Crippen molar-refractivity contribution in [3.63, 3.8) is 0 Å². The van der Waals surface area contributed by atoms with E-state index in [9.17, 15) is 9.59 Å². The van der Waals surface area contributed by atoms with Crippen LogP contribution in [-0.2, 0) is 4.79 Å². The Bertz CT molecular complexity index is 577. The molecule has 0 spiro atoms. The van der Waals surface area contributed by atoms with Crippen LogP contribution >= 0.6 is 0 Å². The van der Waals surface area contributed by atoms with Crippen molar-refractivity contribution in [1.82, 2.24) is 19.8 Å². The first kappa shape index (κ1) is 14.9. The Balaban J connectivity index is 1.76. The Kier molecular flexibility index (Phi) is 3.85. The Morgan fingerprint density at radius 3 is 3.00 bits per heavy atom. The van der Waals surface area contributed by atoms with E-state index in [4.69, 9.17) is 0 Å². The molecule has 2 amide bonds. The highest BCUT2D eigenvalue weighted by atomic mass is 16.2. The average molecular weight is 302 g/mol. The lowest BCUT2D eigenvalue weighted by atomic mass is 9.74. The SMILES string of the molecule is CN(CC12CCCC1N(C)C(=O)CC2)C(=O)c1cnccn1. The lowest BCUT2D eigenvalue weighted by molar-refractivity contribution is -0.140. The highest BCUT2D eigenvalue weighted by Gasteiger charge is 2.49. The predicted octanol–water partition coefficient (Wildman–Crippen LogP) is 1.34. The minimum absolute atomic E-state index is 0.0370. The number of nitrogens with zero attached hydrogens (tertiary/aromatic N) is 4. The molecule has 2 unspecified atom stereocenters. The van der Waals surface area contributed by atoms with Gasteiger partial charge in [0.25, 0.3) is 5.91 Å². The summed E-state index contributed by atoms with van der Waals surface area (Å²) in [5.41, 5.74) is 0.408. The second-order valence-corrected chi connectivity index (χ2v) is 6.53. The van der Waals surface area contributed by atoms with E-state index in [0.29, 0.717) is 18.7 Å². The van der Waals surface area contributed by atoms with Crippen molar-refractivity contribution in [2.24, 2.45) is 5.41 Å². The van der Waals surface area contributed by atoms with Crippen molar-refractivity contribution >= 4 is 11.8 Å². The van der Waals surface area contributed by atoms with Gasteiger partial charge in [0.05, 0.1) is 6.20 Å². The van der Waals surface area contributed by atoms with Crippen LogP contribution in [0.3, 0.4) is 0 Å². The molecule has 2 aliphatic rings. The number of likely N-dealkylation sites (tertiary alicyclic amines) is 1. The monoisotopic (exact) mass is 302 g/mol. The van der Waals surface area contributed by atoms with Gasteiger partial charge in [0.1, 0.15) is 5.69 Å². The van der Waals surface area contributed by atoms with Gasteiger partial charge in [-0.1, -0.05) is 6.42 Å². The number of rotatable bonds is 3. The second-order valence-electron chi connectivity index (χ2n) is 6.53. The smallest absolute Gasteiger partial charge is 0.273 e. The van der Waals surface area contributed by atoms with Gasteiger partial charge < -0.3 is 9.80 Å². The van der Waals surface area contributed by atoms with Crippen LogP contribution in [0.25, 0.3) is 0 Å². The summed E-state index contributed by atoms with van der Waals surface area (Å²) in [5, 5.41) is 0. The van der Waals surface area contributed by atoms with Crippen molar-refractivity contribution in [2.75, 3.05) is 20.6 Å². The molecule has 2 atom stereocenters. The van der Waals surface area contributed by atoms with Crippen LogP contribution < -0.4 is 0 Å². The third-order valence-electron chi connectivity index (χ3n) is 5.24. The van der Waals surface area contributed by atoms with Crippen LogP contribution in [0.2, 0.25) is 0 Å². The number of fused-ring (bicyclic) bond motifs is 1. The summed E-state index contributed by atoms with van der Waals surface area (Å²) in [6.07, 6.45) is 9.28. The molecule has 1 aromatic heterocycles. The first-order chi connectivity index (χ1) is 10.5. The molecule has 1 aliphatic heterocycles. The number of carbonyl (C=O) groups excluding carboxylic acids is 2. The maximum absolute atomic E-state index is 12.5. The molecule has 0 radical (unpaired) electrons. The van der Waals surface area contributed by atoms with Crippen molar-refractivity contribution < 1.29 is 9.59 Å². The van der Waals surface area contributed by atoms with Gasteiger partial charge >= 0.3 is 0 Å². The standard InChI is InChI=1S/C16H22N4O2/c1-19(15(22)12-10-17-8-9-18-12)11-16-6-3-4-13(16)20(2)14(21)5-7-16/h8-10,13H,3-7,11H2,1-2H3. The number of carbonyl (C=O) groups is 2. The van der Waals surface area contributed by atoms with Crippen molar-refractivity contribution in [2.45, 2.75) is 38.1 Å². The van der Waals surface area contributed by atoms with E-state index in [0.717, 1.165) is 25.7 Å². The van der Waals surface area contributed by atoms with Gasteiger partial charge in [-0.3, -0.25) is 14.6 Å². The fourth-order valence-corrected chi connectivity index (χ4v) is 4.14. The largest absolute Gasteiger partial charge is 0.342 e. The molecule has 1 saturated carbocycles. The number of aromatic nitrogens is 2. The fourth-order valence-electron chi connectivity index (χ4n) is 4.14. The summed E-state index contributed by atoms with van der Waals surface area (Å²) in [6, 6.07) is 0.255. The van der Waals surface area contributed by atoms with E-state index >= 15 is 0 Å². The summed E-state index contributed by atoms with van der Waals surface area (Å²) in [7, 11) is 3.72. The number of amides is 2. The zero-order valence-corrected chi connectivity index (χ0v) is 13.2. The summed E-state index contributed by atoms with van der Waals surface area (Å²) in [6.45, 7) is 0.671. The second kappa shape index (κ2) is 5.66. The molecule has 118 valence electrons.